The van der Waals surface area contributed by atoms with E-state index in [1.807, 2.05) is 29.2 Å². The number of hydrogen-bond donors (Lipinski definition) is 0. The van der Waals surface area contributed by atoms with Crippen molar-refractivity contribution in [3.63, 3.8) is 0 Å². The second kappa shape index (κ2) is 6.50. The third-order valence-corrected chi connectivity index (χ3v) is 5.78. The van der Waals surface area contributed by atoms with Gasteiger partial charge in [-0.1, -0.05) is 12.1 Å². The number of rotatable bonds is 1. The van der Waals surface area contributed by atoms with Crippen LogP contribution in [0, 0.1) is 11.3 Å². The van der Waals surface area contributed by atoms with Crippen molar-refractivity contribution < 1.29 is 9.53 Å². The number of pyridine rings is 1. The minimum absolute atomic E-state index is 0.0627. The van der Waals surface area contributed by atoms with E-state index in [-0.39, 0.29) is 5.91 Å². The summed E-state index contributed by atoms with van der Waals surface area (Å²) >= 11 is 0. The molecule has 1 saturated heterocycles. The van der Waals surface area contributed by atoms with E-state index in [1.165, 1.54) is 0 Å². The minimum Gasteiger partial charge on any atom is -0.378 e. The molecule has 2 aromatic heterocycles. The Morgan fingerprint density at radius 3 is 2.71 bits per heavy atom. The number of amides is 1. The first-order chi connectivity index (χ1) is 13.7. The Balaban J connectivity index is 1.88. The highest BCUT2D eigenvalue weighted by molar-refractivity contribution is 5.87. The van der Waals surface area contributed by atoms with Crippen LogP contribution in [-0.2, 0) is 22.5 Å². The predicted molar refractivity (Wildman–Crippen MR) is 105 cm³/mol. The maximum Gasteiger partial charge on any atom is 0.219 e. The van der Waals surface area contributed by atoms with Gasteiger partial charge in [0.1, 0.15) is 11.9 Å². The van der Waals surface area contributed by atoms with Crippen LogP contribution in [-0.4, -0.2) is 53.0 Å². The summed E-state index contributed by atoms with van der Waals surface area (Å²) in [6.45, 7) is 5.65. The average Bonchev–Trinajstić information content (AvgIpc) is 3.11. The number of morpholine rings is 1. The normalized spacial score (nSPS) is 17.0. The Kier molecular flexibility index (Phi) is 3.95. The summed E-state index contributed by atoms with van der Waals surface area (Å²) in [5.74, 6) is 1.11. The number of carbonyl (C=O) groups excluding carboxylic acids is 1. The van der Waals surface area contributed by atoms with Gasteiger partial charge in [0, 0.05) is 38.7 Å². The number of imidazole rings is 1. The number of ether oxygens (including phenoxy) is 1. The summed E-state index contributed by atoms with van der Waals surface area (Å²) in [6, 6.07) is 10.4. The topological polar surface area (TPSA) is 73.9 Å². The van der Waals surface area contributed by atoms with Gasteiger partial charge < -0.3 is 14.5 Å². The minimum atomic E-state index is 0.0627. The fourth-order valence-electron chi connectivity index (χ4n) is 4.42. The van der Waals surface area contributed by atoms with Crippen molar-refractivity contribution in [2.75, 3.05) is 37.7 Å². The molecule has 1 aromatic carbocycles. The number of carbonyl (C=O) groups is 1. The summed E-state index contributed by atoms with van der Waals surface area (Å²) in [5, 5.41) is 9.98. The highest BCUT2D eigenvalue weighted by Gasteiger charge is 2.30. The van der Waals surface area contributed by atoms with Gasteiger partial charge in [-0.2, -0.15) is 5.26 Å². The fourth-order valence-corrected chi connectivity index (χ4v) is 4.42. The van der Waals surface area contributed by atoms with Crippen LogP contribution < -0.4 is 4.90 Å². The molecule has 0 aliphatic carbocycles. The molecule has 0 bridgehead atoms. The van der Waals surface area contributed by atoms with Crippen LogP contribution in [0.4, 0.5) is 5.82 Å². The van der Waals surface area contributed by atoms with Crippen molar-refractivity contribution in [2.45, 2.75) is 19.9 Å². The van der Waals surface area contributed by atoms with Gasteiger partial charge in [-0.15, -0.1) is 0 Å². The number of benzene rings is 1. The molecular formula is C21H21N5O2. The Labute approximate surface area is 162 Å². The molecule has 5 rings (SSSR count). The molecule has 28 heavy (non-hydrogen) atoms. The molecule has 1 amide bonds. The van der Waals surface area contributed by atoms with E-state index >= 15 is 0 Å². The predicted octanol–water partition coefficient (Wildman–Crippen LogP) is 2.10. The summed E-state index contributed by atoms with van der Waals surface area (Å²) < 4.78 is 7.68. The zero-order valence-corrected chi connectivity index (χ0v) is 15.8. The Morgan fingerprint density at radius 2 is 1.96 bits per heavy atom. The van der Waals surface area contributed by atoms with E-state index in [1.54, 1.807) is 6.92 Å². The van der Waals surface area contributed by atoms with Crippen LogP contribution in [0.5, 0.6) is 0 Å². The van der Waals surface area contributed by atoms with Gasteiger partial charge in [-0.05, 0) is 24.1 Å². The van der Waals surface area contributed by atoms with Gasteiger partial charge in [0.15, 0.2) is 5.65 Å². The van der Waals surface area contributed by atoms with Crippen LogP contribution >= 0.6 is 0 Å². The second-order valence-corrected chi connectivity index (χ2v) is 7.32. The lowest BCUT2D eigenvalue weighted by Crippen LogP contribution is -2.41. The number of para-hydroxylation sites is 2. The number of nitrogens with zero attached hydrogens (tertiary/aromatic N) is 5. The molecular weight excluding hydrogens is 354 g/mol. The van der Waals surface area contributed by atoms with E-state index < -0.39 is 0 Å². The largest absolute Gasteiger partial charge is 0.378 e. The van der Waals surface area contributed by atoms with Crippen LogP contribution in [0.3, 0.4) is 0 Å². The molecule has 0 radical (unpaired) electrons. The summed E-state index contributed by atoms with van der Waals surface area (Å²) in [4.78, 5) is 21.1. The number of nitriles is 1. The molecule has 2 aliphatic rings. The van der Waals surface area contributed by atoms with Crippen molar-refractivity contribution in [2.24, 2.45) is 0 Å². The van der Waals surface area contributed by atoms with Crippen molar-refractivity contribution in [3.8, 4) is 6.07 Å². The quantitative estimate of drug-likeness (QED) is 0.651. The van der Waals surface area contributed by atoms with Gasteiger partial charge in [-0.3, -0.25) is 9.20 Å². The highest BCUT2D eigenvalue weighted by atomic mass is 16.5. The van der Waals surface area contributed by atoms with E-state index in [4.69, 9.17) is 9.72 Å². The van der Waals surface area contributed by atoms with Crippen molar-refractivity contribution >= 4 is 28.4 Å². The number of anilines is 1. The molecule has 2 aliphatic heterocycles. The second-order valence-electron chi connectivity index (χ2n) is 7.32. The van der Waals surface area contributed by atoms with E-state index in [9.17, 15) is 10.1 Å². The lowest BCUT2D eigenvalue weighted by molar-refractivity contribution is -0.129. The molecule has 142 valence electrons. The first-order valence-corrected chi connectivity index (χ1v) is 9.62. The van der Waals surface area contributed by atoms with Gasteiger partial charge in [0.2, 0.25) is 5.91 Å². The van der Waals surface area contributed by atoms with Crippen LogP contribution in [0.25, 0.3) is 16.7 Å². The Hall–Kier alpha value is -3.11. The molecule has 4 heterocycles. The van der Waals surface area contributed by atoms with Gasteiger partial charge >= 0.3 is 0 Å². The zero-order valence-electron chi connectivity index (χ0n) is 15.8. The summed E-state index contributed by atoms with van der Waals surface area (Å²) in [5.41, 5.74) is 5.30. The third-order valence-electron chi connectivity index (χ3n) is 5.78. The lowest BCUT2D eigenvalue weighted by Gasteiger charge is -2.36. The number of hydrogen-bond acceptors (Lipinski definition) is 5. The lowest BCUT2D eigenvalue weighted by atomic mass is 9.95. The van der Waals surface area contributed by atoms with Crippen LogP contribution in [0.15, 0.2) is 24.3 Å². The van der Waals surface area contributed by atoms with Gasteiger partial charge in [0.25, 0.3) is 0 Å². The molecule has 0 spiro atoms. The fraction of sp³-hybridized carbons (Fsp3) is 0.381. The molecule has 3 aromatic rings. The molecule has 0 atom stereocenters. The highest BCUT2D eigenvalue weighted by Crippen LogP contribution is 2.36. The molecule has 0 unspecified atom stereocenters. The standard InChI is InChI=1S/C21H21N5O2/c1-14(27)25-7-6-15-16(12-22)20-23-18-4-2-3-5-19(18)26(20)21(17(15)13-25)24-8-10-28-11-9-24/h2-5H,6-11,13H2,1H3. The average molecular weight is 375 g/mol. The smallest absolute Gasteiger partial charge is 0.219 e. The SMILES string of the molecule is CC(=O)N1CCc2c(c(N3CCOCC3)n3c(nc4ccccc43)c2C#N)C1. The van der Waals surface area contributed by atoms with E-state index in [0.29, 0.717) is 43.9 Å². The summed E-state index contributed by atoms with van der Waals surface area (Å²) in [7, 11) is 0. The van der Waals surface area contributed by atoms with Gasteiger partial charge in [-0.25, -0.2) is 4.98 Å². The van der Waals surface area contributed by atoms with Gasteiger partial charge in [0.05, 0.1) is 29.8 Å². The van der Waals surface area contributed by atoms with Crippen LogP contribution in [0.2, 0.25) is 0 Å². The Bertz CT molecular complexity index is 1140. The van der Waals surface area contributed by atoms with Crippen molar-refractivity contribution in [1.29, 1.82) is 5.26 Å². The Morgan fingerprint density at radius 1 is 1.18 bits per heavy atom. The first kappa shape index (κ1) is 17.0. The zero-order chi connectivity index (χ0) is 19.3. The maximum atomic E-state index is 12.1. The van der Waals surface area contributed by atoms with E-state index in [2.05, 4.69) is 15.4 Å². The van der Waals surface area contributed by atoms with Crippen molar-refractivity contribution in [1.82, 2.24) is 14.3 Å². The molecule has 0 N–H and O–H groups in total. The molecule has 7 heteroatoms. The first-order valence-electron chi connectivity index (χ1n) is 9.62. The monoisotopic (exact) mass is 375 g/mol. The molecule has 0 saturated carbocycles. The van der Waals surface area contributed by atoms with E-state index in [0.717, 1.165) is 41.1 Å². The molecule has 7 nitrogen and oxygen atoms in total. The van der Waals surface area contributed by atoms with Crippen molar-refractivity contribution in [3.05, 3.63) is 41.0 Å². The third kappa shape index (κ3) is 2.45. The van der Waals surface area contributed by atoms with Crippen LogP contribution in [0.1, 0.15) is 23.6 Å². The summed E-state index contributed by atoms with van der Waals surface area (Å²) in [6.07, 6.45) is 0.675. The maximum absolute atomic E-state index is 12.1. The number of aromatic nitrogens is 2. The number of fused-ring (bicyclic) bond motifs is 4. The molecule has 1 fully saturated rings.